The Bertz CT molecular complexity index is 641. The van der Waals surface area contributed by atoms with Crippen LogP contribution in [0.3, 0.4) is 0 Å². The Labute approximate surface area is 142 Å². The summed E-state index contributed by atoms with van der Waals surface area (Å²) in [5.74, 6) is -0.265. The number of hydrogen-bond acceptors (Lipinski definition) is 5. The van der Waals surface area contributed by atoms with Crippen molar-refractivity contribution in [3.8, 4) is 0 Å². The summed E-state index contributed by atoms with van der Waals surface area (Å²) in [6, 6.07) is 2.32. The van der Waals surface area contributed by atoms with E-state index in [1.54, 1.807) is 0 Å². The molecule has 0 bridgehead atoms. The highest BCUT2D eigenvalue weighted by Crippen LogP contribution is 2.36. The Kier molecular flexibility index (Phi) is 5.86. The molecule has 1 fully saturated rings. The average Bonchev–Trinajstić information content (AvgIpc) is 2.58. The van der Waals surface area contributed by atoms with Gasteiger partial charge in [0.1, 0.15) is 5.69 Å². The maximum atomic E-state index is 12.8. The Morgan fingerprint density at radius 2 is 1.96 bits per heavy atom. The summed E-state index contributed by atoms with van der Waals surface area (Å²) in [7, 11) is 1.34. The number of nitrogens with zero attached hydrogens (tertiary/aromatic N) is 1. The SMILES string of the molecule is COC(=O)[C@H]1CC[C@H](CNc2cc(C(F)(F)F)ccc2[N+](=O)[O-])CC1. The lowest BCUT2D eigenvalue weighted by Gasteiger charge is -2.27. The van der Waals surface area contributed by atoms with Gasteiger partial charge in [-0.2, -0.15) is 13.2 Å². The minimum atomic E-state index is -4.57. The lowest BCUT2D eigenvalue weighted by molar-refractivity contribution is -0.384. The van der Waals surface area contributed by atoms with Gasteiger partial charge >= 0.3 is 12.1 Å². The van der Waals surface area contributed by atoms with Gasteiger partial charge in [0.25, 0.3) is 5.69 Å². The summed E-state index contributed by atoms with van der Waals surface area (Å²) in [4.78, 5) is 21.8. The molecule has 0 radical (unpaired) electrons. The van der Waals surface area contributed by atoms with E-state index in [0.29, 0.717) is 38.3 Å². The number of carbonyl (C=O) groups is 1. The Morgan fingerprint density at radius 3 is 2.48 bits per heavy atom. The molecule has 0 amide bonds. The molecule has 1 aliphatic rings. The fraction of sp³-hybridized carbons (Fsp3) is 0.562. The van der Waals surface area contributed by atoms with Crippen LogP contribution in [0.25, 0.3) is 0 Å². The molecule has 6 nitrogen and oxygen atoms in total. The number of nitrogens with one attached hydrogen (secondary N) is 1. The van der Waals surface area contributed by atoms with E-state index in [-0.39, 0.29) is 23.5 Å². The van der Waals surface area contributed by atoms with E-state index in [2.05, 4.69) is 5.32 Å². The molecule has 0 atom stereocenters. The van der Waals surface area contributed by atoms with Gasteiger partial charge in [0.15, 0.2) is 0 Å². The zero-order valence-electron chi connectivity index (χ0n) is 13.6. The summed E-state index contributed by atoms with van der Waals surface area (Å²) in [5.41, 5.74) is -1.47. The number of esters is 1. The Balaban J connectivity index is 2.02. The molecule has 25 heavy (non-hydrogen) atoms. The second-order valence-electron chi connectivity index (χ2n) is 6.11. The van der Waals surface area contributed by atoms with E-state index in [4.69, 9.17) is 4.74 Å². The largest absolute Gasteiger partial charge is 0.469 e. The van der Waals surface area contributed by atoms with Crippen molar-refractivity contribution in [2.75, 3.05) is 19.0 Å². The van der Waals surface area contributed by atoms with Crippen molar-refractivity contribution in [1.29, 1.82) is 0 Å². The van der Waals surface area contributed by atoms with E-state index in [0.717, 1.165) is 12.1 Å². The van der Waals surface area contributed by atoms with Crippen molar-refractivity contribution in [3.63, 3.8) is 0 Å². The number of ether oxygens (including phenoxy) is 1. The summed E-state index contributed by atoms with van der Waals surface area (Å²) >= 11 is 0. The number of halogens is 3. The molecule has 9 heteroatoms. The van der Waals surface area contributed by atoms with Gasteiger partial charge in [0.2, 0.25) is 0 Å². The van der Waals surface area contributed by atoms with Crippen LogP contribution in [0, 0.1) is 22.0 Å². The molecule has 1 aromatic carbocycles. The number of anilines is 1. The highest BCUT2D eigenvalue weighted by Gasteiger charge is 2.33. The van der Waals surface area contributed by atoms with Gasteiger partial charge in [0, 0.05) is 12.6 Å². The molecule has 0 aliphatic heterocycles. The van der Waals surface area contributed by atoms with Gasteiger partial charge in [0.05, 0.1) is 23.5 Å². The van der Waals surface area contributed by atoms with Crippen LogP contribution in [0.1, 0.15) is 31.2 Å². The zero-order chi connectivity index (χ0) is 18.6. The van der Waals surface area contributed by atoms with E-state index < -0.39 is 22.4 Å². The molecule has 0 aromatic heterocycles. The zero-order valence-corrected chi connectivity index (χ0v) is 13.6. The highest BCUT2D eigenvalue weighted by atomic mass is 19.4. The van der Waals surface area contributed by atoms with Crippen LogP contribution in [-0.2, 0) is 15.7 Å². The lowest BCUT2D eigenvalue weighted by Crippen LogP contribution is -2.26. The van der Waals surface area contributed by atoms with Crippen LogP contribution in [0.2, 0.25) is 0 Å². The van der Waals surface area contributed by atoms with Crippen molar-refractivity contribution in [1.82, 2.24) is 0 Å². The fourth-order valence-corrected chi connectivity index (χ4v) is 3.04. The van der Waals surface area contributed by atoms with Gasteiger partial charge in [-0.3, -0.25) is 14.9 Å². The number of methoxy groups -OCH3 is 1. The Hall–Kier alpha value is -2.32. The number of carbonyl (C=O) groups excluding carboxylic acids is 1. The number of nitro groups is 1. The van der Waals surface area contributed by atoms with Crippen molar-refractivity contribution in [3.05, 3.63) is 33.9 Å². The minimum Gasteiger partial charge on any atom is -0.469 e. The number of nitro benzene ring substituents is 1. The van der Waals surface area contributed by atoms with Crippen molar-refractivity contribution < 1.29 is 27.6 Å². The summed E-state index contributed by atoms with van der Waals surface area (Å²) < 4.78 is 43.1. The van der Waals surface area contributed by atoms with Crippen LogP contribution < -0.4 is 5.32 Å². The molecule has 1 aromatic rings. The van der Waals surface area contributed by atoms with E-state index >= 15 is 0 Å². The second-order valence-corrected chi connectivity index (χ2v) is 6.11. The van der Waals surface area contributed by atoms with Crippen molar-refractivity contribution in [2.45, 2.75) is 31.9 Å². The molecule has 0 heterocycles. The topological polar surface area (TPSA) is 81.5 Å². The minimum absolute atomic E-state index is 0.134. The van der Waals surface area contributed by atoms with Gasteiger partial charge < -0.3 is 10.1 Å². The predicted octanol–water partition coefficient (Wildman–Crippen LogP) is 4.00. The average molecular weight is 360 g/mol. The monoisotopic (exact) mass is 360 g/mol. The first-order chi connectivity index (χ1) is 11.7. The molecule has 1 saturated carbocycles. The first-order valence-corrected chi connectivity index (χ1v) is 7.89. The number of alkyl halides is 3. The molecule has 2 rings (SSSR count). The molecule has 138 valence electrons. The van der Waals surface area contributed by atoms with Gasteiger partial charge in [-0.25, -0.2) is 0 Å². The second kappa shape index (κ2) is 7.71. The smallest absolute Gasteiger partial charge is 0.416 e. The van der Waals surface area contributed by atoms with Crippen LogP contribution in [-0.4, -0.2) is 24.5 Å². The molecular weight excluding hydrogens is 341 g/mol. The third-order valence-electron chi connectivity index (χ3n) is 4.48. The molecule has 0 spiro atoms. The van der Waals surface area contributed by atoms with E-state index in [9.17, 15) is 28.1 Å². The standard InChI is InChI=1S/C16H19F3N2O4/c1-25-15(22)11-4-2-10(3-5-11)9-20-13-8-12(16(17,18)19)6-7-14(13)21(23)24/h6-8,10-11,20H,2-5,9H2,1H3/t10-,11-. The van der Waals surface area contributed by atoms with Crippen LogP contribution in [0.4, 0.5) is 24.5 Å². The van der Waals surface area contributed by atoms with Crippen LogP contribution >= 0.6 is 0 Å². The molecule has 1 N–H and O–H groups in total. The fourth-order valence-electron chi connectivity index (χ4n) is 3.04. The van der Waals surface area contributed by atoms with Gasteiger partial charge in [-0.15, -0.1) is 0 Å². The van der Waals surface area contributed by atoms with Gasteiger partial charge in [-0.05, 0) is 43.7 Å². The number of rotatable bonds is 5. The third kappa shape index (κ3) is 4.83. The van der Waals surface area contributed by atoms with E-state index in [1.807, 2.05) is 0 Å². The maximum absolute atomic E-state index is 12.8. The number of hydrogen-bond donors (Lipinski definition) is 1. The highest BCUT2D eigenvalue weighted by molar-refractivity contribution is 5.72. The third-order valence-corrected chi connectivity index (χ3v) is 4.48. The summed E-state index contributed by atoms with van der Waals surface area (Å²) in [6.45, 7) is 0.316. The maximum Gasteiger partial charge on any atom is 0.416 e. The first kappa shape index (κ1) is 19.0. The normalized spacial score (nSPS) is 20.8. The Morgan fingerprint density at radius 1 is 1.32 bits per heavy atom. The first-order valence-electron chi connectivity index (χ1n) is 7.89. The summed E-state index contributed by atoms with van der Waals surface area (Å²) in [5, 5.41) is 13.8. The lowest BCUT2D eigenvalue weighted by atomic mass is 9.82. The van der Waals surface area contributed by atoms with Crippen LogP contribution in [0.15, 0.2) is 18.2 Å². The van der Waals surface area contributed by atoms with E-state index in [1.165, 1.54) is 7.11 Å². The molecular formula is C16H19F3N2O4. The quantitative estimate of drug-likeness (QED) is 0.487. The number of benzene rings is 1. The van der Waals surface area contributed by atoms with Crippen LogP contribution in [0.5, 0.6) is 0 Å². The molecule has 1 aliphatic carbocycles. The predicted molar refractivity (Wildman–Crippen MR) is 84.1 cm³/mol. The summed E-state index contributed by atoms with van der Waals surface area (Å²) in [6.07, 6.45) is -1.86. The van der Waals surface area contributed by atoms with Crippen molar-refractivity contribution >= 4 is 17.3 Å². The molecule has 0 unspecified atom stereocenters. The molecule has 0 saturated heterocycles. The van der Waals surface area contributed by atoms with Gasteiger partial charge in [-0.1, -0.05) is 0 Å². The van der Waals surface area contributed by atoms with Crippen molar-refractivity contribution in [2.24, 2.45) is 11.8 Å².